The monoisotopic (exact) mass is 349 g/mol. The molecule has 1 N–H and O–H groups in total. The molecule has 5 heteroatoms. The molecule has 1 aromatic carbocycles. The van der Waals surface area contributed by atoms with Crippen molar-refractivity contribution in [2.75, 3.05) is 0 Å². The molecule has 0 aliphatic heterocycles. The van der Waals surface area contributed by atoms with Gasteiger partial charge in [-0.25, -0.2) is 0 Å². The van der Waals surface area contributed by atoms with Crippen molar-refractivity contribution in [3.05, 3.63) is 72.2 Å². The zero-order valence-corrected chi connectivity index (χ0v) is 15.3. The molecule has 5 nitrogen and oxygen atoms in total. The fourth-order valence-corrected chi connectivity index (χ4v) is 2.88. The van der Waals surface area contributed by atoms with Crippen LogP contribution in [0, 0.1) is 5.41 Å². The minimum atomic E-state index is -0.205. The van der Waals surface area contributed by atoms with Gasteiger partial charge in [0.15, 0.2) is 0 Å². The van der Waals surface area contributed by atoms with Crippen molar-refractivity contribution in [1.29, 1.82) is 0 Å². The lowest BCUT2D eigenvalue weighted by Crippen LogP contribution is -2.31. The summed E-state index contributed by atoms with van der Waals surface area (Å²) in [6.45, 7) is 6.45. The summed E-state index contributed by atoms with van der Waals surface area (Å²) in [7, 11) is 0. The number of pyridine rings is 1. The van der Waals surface area contributed by atoms with Gasteiger partial charge in [0.1, 0.15) is 17.5 Å². The highest BCUT2D eigenvalue weighted by Crippen LogP contribution is 2.30. The molecule has 2 aromatic heterocycles. The third-order valence-electron chi connectivity index (χ3n) is 4.07. The Hall–Kier alpha value is -2.95. The Morgan fingerprint density at radius 2 is 1.92 bits per heavy atom. The van der Waals surface area contributed by atoms with Crippen molar-refractivity contribution in [3.8, 4) is 11.3 Å². The predicted molar refractivity (Wildman–Crippen MR) is 100 cm³/mol. The predicted octanol–water partition coefficient (Wildman–Crippen LogP) is 4.64. The van der Waals surface area contributed by atoms with E-state index in [9.17, 15) is 4.79 Å². The minimum absolute atomic E-state index is 0.0463. The molecule has 0 aliphatic carbocycles. The Bertz CT molecular complexity index is 852. The molecule has 134 valence electrons. The summed E-state index contributed by atoms with van der Waals surface area (Å²) in [5.41, 5.74) is 2.85. The fraction of sp³-hybridized carbons (Fsp3) is 0.286. The Kier molecular flexibility index (Phi) is 5.16. The Morgan fingerprint density at radius 1 is 1.15 bits per heavy atom. The van der Waals surface area contributed by atoms with Crippen LogP contribution in [0.15, 0.2) is 65.6 Å². The molecule has 1 atom stereocenters. The number of nitrogens with zero attached hydrogens (tertiary/aromatic N) is 2. The van der Waals surface area contributed by atoms with Crippen molar-refractivity contribution >= 4 is 5.91 Å². The average Bonchev–Trinajstić information content (AvgIpc) is 3.11. The number of carbonyl (C=O) groups is 1. The molecular weight excluding hydrogens is 326 g/mol. The maximum absolute atomic E-state index is 12.9. The van der Waals surface area contributed by atoms with Crippen LogP contribution < -0.4 is 5.32 Å². The molecule has 0 radical (unpaired) electrons. The highest BCUT2D eigenvalue weighted by atomic mass is 16.5. The summed E-state index contributed by atoms with van der Waals surface area (Å²) >= 11 is 0. The van der Waals surface area contributed by atoms with E-state index >= 15 is 0 Å². The van der Waals surface area contributed by atoms with Gasteiger partial charge in [0, 0.05) is 18.0 Å². The van der Waals surface area contributed by atoms with Crippen LogP contribution in [0.5, 0.6) is 0 Å². The second kappa shape index (κ2) is 7.52. The lowest BCUT2D eigenvalue weighted by atomic mass is 9.85. The van der Waals surface area contributed by atoms with E-state index in [1.807, 2.05) is 42.5 Å². The molecule has 0 unspecified atom stereocenters. The molecule has 3 rings (SSSR count). The lowest BCUT2D eigenvalue weighted by Gasteiger charge is -2.27. The second-order valence-electron chi connectivity index (χ2n) is 7.52. The highest BCUT2D eigenvalue weighted by Gasteiger charge is 2.25. The Labute approximate surface area is 153 Å². The first-order valence-electron chi connectivity index (χ1n) is 8.64. The van der Waals surface area contributed by atoms with Crippen molar-refractivity contribution in [3.63, 3.8) is 0 Å². The summed E-state index contributed by atoms with van der Waals surface area (Å²) in [6, 6.07) is 13.3. The quantitative estimate of drug-likeness (QED) is 0.728. The first-order valence-corrected chi connectivity index (χ1v) is 8.64. The number of benzene rings is 1. The molecule has 2 heterocycles. The van der Waals surface area contributed by atoms with Gasteiger partial charge < -0.3 is 9.84 Å². The van der Waals surface area contributed by atoms with Crippen molar-refractivity contribution in [1.82, 2.24) is 15.5 Å². The van der Waals surface area contributed by atoms with E-state index in [0.717, 1.165) is 17.5 Å². The SMILES string of the molecule is CC(C)(C)C[C@@H](NC(=O)c1conc1-c1ccccc1)c1cccnc1. The van der Waals surface area contributed by atoms with Gasteiger partial charge >= 0.3 is 0 Å². The molecule has 0 saturated carbocycles. The average molecular weight is 349 g/mol. The molecule has 0 aliphatic rings. The van der Waals surface area contributed by atoms with Crippen molar-refractivity contribution in [2.45, 2.75) is 33.2 Å². The Balaban J connectivity index is 1.86. The first-order chi connectivity index (χ1) is 12.4. The Morgan fingerprint density at radius 3 is 2.58 bits per heavy atom. The van der Waals surface area contributed by atoms with Crippen molar-refractivity contribution in [2.24, 2.45) is 5.41 Å². The van der Waals surface area contributed by atoms with E-state index in [4.69, 9.17) is 4.52 Å². The maximum Gasteiger partial charge on any atom is 0.257 e. The molecule has 0 bridgehead atoms. The van der Waals surface area contributed by atoms with Crippen LogP contribution in [0.2, 0.25) is 0 Å². The van der Waals surface area contributed by atoms with E-state index in [0.29, 0.717) is 11.3 Å². The number of hydrogen-bond acceptors (Lipinski definition) is 4. The lowest BCUT2D eigenvalue weighted by molar-refractivity contribution is 0.0926. The molecular formula is C21H23N3O2. The largest absolute Gasteiger partial charge is 0.363 e. The summed E-state index contributed by atoms with van der Waals surface area (Å²) in [5.74, 6) is -0.205. The van der Waals surface area contributed by atoms with Crippen LogP contribution in [-0.2, 0) is 0 Å². The minimum Gasteiger partial charge on any atom is -0.363 e. The van der Waals surface area contributed by atoms with Gasteiger partial charge in [0.25, 0.3) is 5.91 Å². The number of nitrogens with one attached hydrogen (secondary N) is 1. The number of aromatic nitrogens is 2. The molecule has 0 spiro atoms. The van der Waals surface area contributed by atoms with E-state index in [1.54, 1.807) is 12.4 Å². The van der Waals surface area contributed by atoms with Crippen LogP contribution in [0.1, 0.15) is 49.2 Å². The van der Waals surface area contributed by atoms with E-state index < -0.39 is 0 Å². The standard InChI is InChI=1S/C21H23N3O2/c1-21(2,3)12-18(16-10-7-11-22-13-16)23-20(25)17-14-26-24-19(17)15-8-5-4-6-9-15/h4-11,13-14,18H,12H2,1-3H3,(H,23,25)/t18-/m1/s1. The summed E-state index contributed by atoms with van der Waals surface area (Å²) in [4.78, 5) is 17.1. The summed E-state index contributed by atoms with van der Waals surface area (Å²) in [5, 5.41) is 7.14. The van der Waals surface area contributed by atoms with Crippen molar-refractivity contribution < 1.29 is 9.32 Å². The van der Waals surface area contributed by atoms with Gasteiger partial charge in [-0.1, -0.05) is 62.3 Å². The molecule has 26 heavy (non-hydrogen) atoms. The number of carbonyl (C=O) groups excluding carboxylic acids is 1. The van der Waals surface area contributed by atoms with E-state index in [1.165, 1.54) is 6.26 Å². The van der Waals surface area contributed by atoms with E-state index in [2.05, 4.69) is 36.2 Å². The van der Waals surface area contributed by atoms with Crippen LogP contribution in [0.4, 0.5) is 0 Å². The normalized spacial score (nSPS) is 12.6. The first kappa shape index (κ1) is 17.9. The number of rotatable bonds is 5. The van der Waals surface area contributed by atoms with Crippen LogP contribution in [-0.4, -0.2) is 16.0 Å². The third kappa shape index (κ3) is 4.36. The smallest absolute Gasteiger partial charge is 0.257 e. The topological polar surface area (TPSA) is 68.0 Å². The zero-order chi connectivity index (χ0) is 18.6. The maximum atomic E-state index is 12.9. The van der Waals surface area contributed by atoms with Gasteiger partial charge in [-0.15, -0.1) is 0 Å². The van der Waals surface area contributed by atoms with Crippen LogP contribution in [0.3, 0.4) is 0 Å². The number of amides is 1. The van der Waals surface area contributed by atoms with E-state index in [-0.39, 0.29) is 17.4 Å². The zero-order valence-electron chi connectivity index (χ0n) is 15.3. The summed E-state index contributed by atoms with van der Waals surface area (Å²) in [6.07, 6.45) is 5.71. The highest BCUT2D eigenvalue weighted by molar-refractivity contribution is 5.99. The van der Waals surface area contributed by atoms with Crippen LogP contribution >= 0.6 is 0 Å². The fourth-order valence-electron chi connectivity index (χ4n) is 2.88. The molecule has 3 aromatic rings. The molecule has 1 amide bonds. The number of hydrogen-bond donors (Lipinski definition) is 1. The molecule has 0 saturated heterocycles. The second-order valence-corrected chi connectivity index (χ2v) is 7.52. The van der Waals surface area contributed by atoms with Gasteiger partial charge in [0.05, 0.1) is 6.04 Å². The van der Waals surface area contributed by atoms with Gasteiger partial charge in [-0.05, 0) is 23.5 Å². The van der Waals surface area contributed by atoms with Crippen LogP contribution in [0.25, 0.3) is 11.3 Å². The van der Waals surface area contributed by atoms with Gasteiger partial charge in [0.2, 0.25) is 0 Å². The third-order valence-corrected chi connectivity index (χ3v) is 4.07. The van der Waals surface area contributed by atoms with Gasteiger partial charge in [-0.3, -0.25) is 9.78 Å². The summed E-state index contributed by atoms with van der Waals surface area (Å²) < 4.78 is 5.09. The van der Waals surface area contributed by atoms with Gasteiger partial charge in [-0.2, -0.15) is 0 Å². The molecule has 0 fully saturated rings.